The first kappa shape index (κ1) is 15.0. The molecule has 1 unspecified atom stereocenters. The Morgan fingerprint density at radius 3 is 2.83 bits per heavy atom. The highest BCUT2D eigenvalue weighted by Gasteiger charge is 2.14. The largest absolute Gasteiger partial charge is 0.496 e. The number of ether oxygens (including phenoxy) is 2. The number of carbonyl (C=O) groups excluding carboxylic acids is 1. The van der Waals surface area contributed by atoms with Crippen molar-refractivity contribution in [1.29, 1.82) is 0 Å². The van der Waals surface area contributed by atoms with Gasteiger partial charge in [0.05, 0.1) is 13.2 Å². The molecule has 18 heavy (non-hydrogen) atoms. The summed E-state index contributed by atoms with van der Waals surface area (Å²) in [6.45, 7) is 4.38. The van der Waals surface area contributed by atoms with Crippen molar-refractivity contribution in [3.63, 3.8) is 0 Å². The van der Waals surface area contributed by atoms with Gasteiger partial charge in [0, 0.05) is 16.6 Å². The van der Waals surface area contributed by atoms with E-state index in [0.717, 1.165) is 15.8 Å². The van der Waals surface area contributed by atoms with Crippen LogP contribution in [-0.2, 0) is 9.53 Å². The molecule has 1 atom stereocenters. The zero-order chi connectivity index (χ0) is 13.5. The molecular formula is C13H18BrNO3. The van der Waals surface area contributed by atoms with Crippen molar-refractivity contribution in [3.05, 3.63) is 28.2 Å². The molecule has 0 aliphatic carbocycles. The molecule has 1 rings (SSSR count). The summed E-state index contributed by atoms with van der Waals surface area (Å²) in [5.41, 5.74) is 0.936. The molecular weight excluding hydrogens is 298 g/mol. The highest BCUT2D eigenvalue weighted by molar-refractivity contribution is 9.10. The van der Waals surface area contributed by atoms with Crippen LogP contribution in [0.25, 0.3) is 0 Å². The standard InChI is InChI=1S/C13H18BrNO3/c1-4-18-8-13(16)15-9(2)11-6-5-10(14)7-12(11)17-3/h5-7,9H,4,8H2,1-3H3,(H,15,16). The number of methoxy groups -OCH3 is 1. The number of hydrogen-bond donors (Lipinski definition) is 1. The summed E-state index contributed by atoms with van der Waals surface area (Å²) in [4.78, 5) is 11.6. The zero-order valence-corrected chi connectivity index (χ0v) is 12.4. The first-order valence-electron chi connectivity index (χ1n) is 5.79. The van der Waals surface area contributed by atoms with E-state index < -0.39 is 0 Å². The van der Waals surface area contributed by atoms with E-state index in [2.05, 4.69) is 21.2 Å². The molecule has 4 nitrogen and oxygen atoms in total. The van der Waals surface area contributed by atoms with Crippen molar-refractivity contribution in [2.24, 2.45) is 0 Å². The zero-order valence-electron chi connectivity index (χ0n) is 10.8. The maximum Gasteiger partial charge on any atom is 0.246 e. The lowest BCUT2D eigenvalue weighted by Crippen LogP contribution is -2.30. The molecule has 1 aromatic rings. The third-order valence-electron chi connectivity index (χ3n) is 2.48. The molecule has 0 saturated carbocycles. The van der Waals surface area contributed by atoms with Gasteiger partial charge in [-0.2, -0.15) is 0 Å². The molecule has 1 amide bonds. The minimum atomic E-state index is -0.130. The molecule has 0 saturated heterocycles. The van der Waals surface area contributed by atoms with Crippen molar-refractivity contribution >= 4 is 21.8 Å². The number of benzene rings is 1. The lowest BCUT2D eigenvalue weighted by Gasteiger charge is -2.17. The van der Waals surface area contributed by atoms with Gasteiger partial charge in [-0.25, -0.2) is 0 Å². The van der Waals surface area contributed by atoms with Crippen LogP contribution in [0.1, 0.15) is 25.5 Å². The summed E-state index contributed by atoms with van der Waals surface area (Å²) >= 11 is 3.38. The molecule has 0 radical (unpaired) electrons. The van der Waals surface area contributed by atoms with E-state index in [1.54, 1.807) is 7.11 Å². The SMILES string of the molecule is CCOCC(=O)NC(C)c1ccc(Br)cc1OC. The average molecular weight is 316 g/mol. The highest BCUT2D eigenvalue weighted by atomic mass is 79.9. The Labute approximate surface area is 116 Å². The fourth-order valence-electron chi connectivity index (χ4n) is 1.60. The number of halogens is 1. The number of hydrogen-bond acceptors (Lipinski definition) is 3. The van der Waals surface area contributed by atoms with E-state index in [1.165, 1.54) is 0 Å². The summed E-state index contributed by atoms with van der Waals surface area (Å²) in [6, 6.07) is 5.60. The molecule has 1 aromatic carbocycles. The van der Waals surface area contributed by atoms with E-state index in [0.29, 0.717) is 6.61 Å². The maximum absolute atomic E-state index is 11.6. The molecule has 100 valence electrons. The highest BCUT2D eigenvalue weighted by Crippen LogP contribution is 2.28. The fraction of sp³-hybridized carbons (Fsp3) is 0.462. The lowest BCUT2D eigenvalue weighted by atomic mass is 10.1. The Morgan fingerprint density at radius 1 is 1.50 bits per heavy atom. The average Bonchev–Trinajstić information content (AvgIpc) is 2.35. The van der Waals surface area contributed by atoms with Gasteiger partial charge in [-0.05, 0) is 26.0 Å². The van der Waals surface area contributed by atoms with E-state index in [1.807, 2.05) is 32.0 Å². The lowest BCUT2D eigenvalue weighted by molar-refractivity contribution is -0.126. The molecule has 0 aliphatic rings. The van der Waals surface area contributed by atoms with Crippen LogP contribution in [-0.4, -0.2) is 26.2 Å². The third kappa shape index (κ3) is 4.31. The first-order chi connectivity index (χ1) is 8.58. The summed E-state index contributed by atoms with van der Waals surface area (Å²) in [6.07, 6.45) is 0. The van der Waals surface area contributed by atoms with Gasteiger partial charge in [0.15, 0.2) is 0 Å². The van der Waals surface area contributed by atoms with Crippen LogP contribution in [0.5, 0.6) is 5.75 Å². The van der Waals surface area contributed by atoms with Gasteiger partial charge >= 0.3 is 0 Å². The van der Waals surface area contributed by atoms with Crippen molar-refractivity contribution in [2.75, 3.05) is 20.3 Å². The number of nitrogens with one attached hydrogen (secondary N) is 1. The maximum atomic E-state index is 11.6. The van der Waals surface area contributed by atoms with Gasteiger partial charge < -0.3 is 14.8 Å². The van der Waals surface area contributed by atoms with Gasteiger partial charge in [-0.1, -0.05) is 22.0 Å². The van der Waals surface area contributed by atoms with Crippen molar-refractivity contribution in [2.45, 2.75) is 19.9 Å². The van der Waals surface area contributed by atoms with E-state index in [-0.39, 0.29) is 18.6 Å². The van der Waals surface area contributed by atoms with Gasteiger partial charge in [0.1, 0.15) is 12.4 Å². The summed E-state index contributed by atoms with van der Waals surface area (Å²) < 4.78 is 11.3. The van der Waals surface area contributed by atoms with Gasteiger partial charge in [0.25, 0.3) is 0 Å². The van der Waals surface area contributed by atoms with Crippen LogP contribution < -0.4 is 10.1 Å². The van der Waals surface area contributed by atoms with E-state index in [9.17, 15) is 4.79 Å². The Bertz CT molecular complexity index is 409. The van der Waals surface area contributed by atoms with Crippen molar-refractivity contribution in [3.8, 4) is 5.75 Å². The monoisotopic (exact) mass is 315 g/mol. The summed E-state index contributed by atoms with van der Waals surface area (Å²) in [5, 5.41) is 2.87. The first-order valence-corrected chi connectivity index (χ1v) is 6.58. The molecule has 0 heterocycles. The summed E-state index contributed by atoms with van der Waals surface area (Å²) in [5.74, 6) is 0.614. The van der Waals surface area contributed by atoms with Crippen LogP contribution in [0.4, 0.5) is 0 Å². The number of rotatable bonds is 6. The third-order valence-corrected chi connectivity index (χ3v) is 2.97. The van der Waals surface area contributed by atoms with Crippen LogP contribution in [0, 0.1) is 0 Å². The van der Waals surface area contributed by atoms with Crippen LogP contribution in [0.2, 0.25) is 0 Å². The van der Waals surface area contributed by atoms with Crippen molar-refractivity contribution < 1.29 is 14.3 Å². The molecule has 0 aliphatic heterocycles. The van der Waals surface area contributed by atoms with Crippen LogP contribution in [0.3, 0.4) is 0 Å². The van der Waals surface area contributed by atoms with E-state index >= 15 is 0 Å². The molecule has 0 spiro atoms. The molecule has 5 heteroatoms. The normalized spacial score (nSPS) is 12.0. The van der Waals surface area contributed by atoms with Crippen LogP contribution >= 0.6 is 15.9 Å². The Hall–Kier alpha value is -1.07. The van der Waals surface area contributed by atoms with Crippen molar-refractivity contribution in [1.82, 2.24) is 5.32 Å². The quantitative estimate of drug-likeness (QED) is 0.878. The fourth-order valence-corrected chi connectivity index (χ4v) is 1.94. The second-order valence-corrected chi connectivity index (χ2v) is 4.73. The van der Waals surface area contributed by atoms with Gasteiger partial charge in [-0.3, -0.25) is 4.79 Å². The molecule has 1 N–H and O–H groups in total. The Kier molecular flexibility index (Phi) is 6.15. The minimum absolute atomic E-state index is 0.0830. The molecule has 0 bridgehead atoms. The predicted octanol–water partition coefficient (Wildman–Crippen LogP) is 2.67. The van der Waals surface area contributed by atoms with Gasteiger partial charge in [0.2, 0.25) is 5.91 Å². The Balaban J connectivity index is 2.71. The summed E-state index contributed by atoms with van der Waals surface area (Å²) in [7, 11) is 1.61. The van der Waals surface area contributed by atoms with E-state index in [4.69, 9.17) is 9.47 Å². The predicted molar refractivity (Wildman–Crippen MR) is 73.7 cm³/mol. The minimum Gasteiger partial charge on any atom is -0.496 e. The number of amides is 1. The number of carbonyl (C=O) groups is 1. The topological polar surface area (TPSA) is 47.6 Å². The van der Waals surface area contributed by atoms with Crippen LogP contribution in [0.15, 0.2) is 22.7 Å². The molecule has 0 fully saturated rings. The smallest absolute Gasteiger partial charge is 0.246 e. The second-order valence-electron chi connectivity index (χ2n) is 3.81. The second kappa shape index (κ2) is 7.38. The molecule has 0 aromatic heterocycles. The Morgan fingerprint density at radius 2 is 2.22 bits per heavy atom. The van der Waals surface area contributed by atoms with Gasteiger partial charge in [-0.15, -0.1) is 0 Å².